The zero-order valence-electron chi connectivity index (χ0n) is 60.5. The second-order valence-electron chi connectivity index (χ2n) is 30.8. The fourth-order valence-electron chi connectivity index (χ4n) is 19.9. The molecule has 512 valence electrons. The number of benzene rings is 18. The van der Waals surface area contributed by atoms with Crippen LogP contribution in [0, 0.1) is 0 Å². The van der Waals surface area contributed by atoms with Crippen molar-refractivity contribution in [2.24, 2.45) is 0 Å². The predicted molar refractivity (Wildman–Crippen MR) is 459 cm³/mol. The number of hydrogen-bond acceptors (Lipinski definition) is 0. The van der Waals surface area contributed by atoms with Crippen molar-refractivity contribution in [3.8, 4) is 106 Å². The monoisotopic (exact) mass is 1390 g/mol. The lowest BCUT2D eigenvalue weighted by Crippen LogP contribution is -2.02. The van der Waals surface area contributed by atoms with Gasteiger partial charge in [0, 0.05) is 40.6 Å². The minimum absolute atomic E-state index is 0.172. The van der Waals surface area contributed by atoms with Crippen LogP contribution in [0.2, 0.25) is 0 Å². The van der Waals surface area contributed by atoms with Crippen LogP contribution >= 0.6 is 0 Å². The first-order chi connectivity index (χ1) is 54.5. The zero-order valence-corrected chi connectivity index (χ0v) is 60.5. The number of rotatable bonds is 8. The van der Waals surface area contributed by atoms with Crippen molar-refractivity contribution in [3.63, 3.8) is 0 Å². The van der Waals surface area contributed by atoms with Gasteiger partial charge in [0.15, 0.2) is 0 Å². The maximum Gasteiger partial charge on any atom is 0.0582 e. The van der Waals surface area contributed by atoms with Crippen LogP contribution in [-0.4, -0.2) is 4.57 Å². The molecule has 0 aliphatic heterocycles. The van der Waals surface area contributed by atoms with E-state index < -0.39 is 0 Å². The average Bonchev–Trinajstić information content (AvgIpc) is 1.55. The summed E-state index contributed by atoms with van der Waals surface area (Å²) in [5.74, 6) is 0.592. The molecule has 1 nitrogen and oxygen atoms in total. The molecule has 18 aromatic carbocycles. The maximum atomic E-state index is 2.53. The fraction of sp³-hybridized carbons (Fsp3) is 0.0459. The van der Waals surface area contributed by atoms with Crippen LogP contribution in [0.25, 0.3) is 149 Å². The minimum atomic E-state index is 0.172. The normalized spacial score (nSPS) is 14.7. The molecule has 1 aromatic heterocycles. The van der Waals surface area contributed by atoms with E-state index in [-0.39, 0.29) is 17.8 Å². The van der Waals surface area contributed by atoms with Crippen LogP contribution in [-0.2, 0) is 12.8 Å². The van der Waals surface area contributed by atoms with E-state index in [4.69, 9.17) is 0 Å². The van der Waals surface area contributed by atoms with Crippen LogP contribution < -0.4 is 0 Å². The lowest BCUT2D eigenvalue weighted by molar-refractivity contribution is 1.02. The Hall–Kier alpha value is -13.7. The summed E-state index contributed by atoms with van der Waals surface area (Å²) in [5, 5.41) is 7.69. The van der Waals surface area contributed by atoms with Gasteiger partial charge in [0.1, 0.15) is 0 Å². The van der Waals surface area contributed by atoms with Gasteiger partial charge in [-0.15, -0.1) is 0 Å². The molecule has 5 aliphatic carbocycles. The largest absolute Gasteiger partial charge is 0.309 e. The molecule has 3 atom stereocenters. The molecule has 5 aliphatic rings. The van der Waals surface area contributed by atoms with Gasteiger partial charge in [-0.05, 0) is 243 Å². The summed E-state index contributed by atoms with van der Waals surface area (Å²) in [7, 11) is 0. The van der Waals surface area contributed by atoms with Crippen LogP contribution in [0.4, 0.5) is 0 Å². The molecule has 0 radical (unpaired) electrons. The van der Waals surface area contributed by atoms with Gasteiger partial charge < -0.3 is 4.57 Å². The van der Waals surface area contributed by atoms with Crippen LogP contribution in [0.3, 0.4) is 0 Å². The first kappa shape index (κ1) is 62.5. The van der Waals surface area contributed by atoms with Crippen LogP contribution in [0.5, 0.6) is 0 Å². The fourth-order valence-corrected chi connectivity index (χ4v) is 19.9. The van der Waals surface area contributed by atoms with Crippen molar-refractivity contribution in [1.29, 1.82) is 0 Å². The molecule has 0 fully saturated rings. The molecule has 24 rings (SSSR count). The Morgan fingerprint density at radius 2 is 0.655 bits per heavy atom. The Morgan fingerprint density at radius 1 is 0.218 bits per heavy atom. The van der Waals surface area contributed by atoms with Gasteiger partial charge in [-0.25, -0.2) is 0 Å². The van der Waals surface area contributed by atoms with Crippen molar-refractivity contribution in [3.05, 3.63) is 461 Å². The second-order valence-corrected chi connectivity index (χ2v) is 30.8. The summed E-state index contributed by atoms with van der Waals surface area (Å²) in [6.45, 7) is 0. The van der Waals surface area contributed by atoms with Gasteiger partial charge in [-0.1, -0.05) is 346 Å². The summed E-state index contributed by atoms with van der Waals surface area (Å²) in [5.41, 5.74) is 45.5. The predicted octanol–water partition coefficient (Wildman–Crippen LogP) is 28.1. The average molecular weight is 1390 g/mol. The number of nitrogens with zero attached hydrogens (tertiary/aromatic N) is 1. The van der Waals surface area contributed by atoms with Gasteiger partial charge in [0.2, 0.25) is 0 Å². The van der Waals surface area contributed by atoms with E-state index in [1.54, 1.807) is 0 Å². The molecule has 0 spiro atoms. The van der Waals surface area contributed by atoms with Gasteiger partial charge in [-0.2, -0.15) is 0 Å². The standard InChI is InChI=1S/C55H36.C54H35N/c1-2-10-34(11-3-1)36-18-21-37(22-19-36)52-46-17-9-8-16-45(46)50-32-39(24-27-47(50)52)40-25-28-48-51(33-40)49-29-26-43-31-41-14-6-7-15-44(41)53(43)55(49)54(48)42-23-20-35-12-4-5-13-38(35)30-42;1-2-10-34(11-3-1)36-18-20-37(21-19-36)53-46-17-9-8-16-44(46)49-31-39(23-26-47(49)53)40-24-29-52-50(32-40)48-28-27-45-43-15-7-6-14-41(43)33-51(45)54(48)55(52)42-25-22-35-12-4-5-13-38(35)30-42/h1-30,32-33,52,54H,31H2;1-32,53H,33H2. The third kappa shape index (κ3) is 9.87. The third-order valence-corrected chi connectivity index (χ3v) is 25.0. The van der Waals surface area contributed by atoms with Crippen molar-refractivity contribution in [2.75, 3.05) is 0 Å². The van der Waals surface area contributed by atoms with Crippen molar-refractivity contribution < 1.29 is 0 Å². The van der Waals surface area contributed by atoms with Crippen molar-refractivity contribution >= 4 is 43.4 Å². The molecule has 1 heteroatoms. The Morgan fingerprint density at radius 3 is 1.26 bits per heavy atom. The summed E-state index contributed by atoms with van der Waals surface area (Å²) < 4.78 is 2.53. The van der Waals surface area contributed by atoms with Gasteiger partial charge in [0.25, 0.3) is 0 Å². The molecular formula is C109H71N. The summed E-state index contributed by atoms with van der Waals surface area (Å²) >= 11 is 0. The zero-order chi connectivity index (χ0) is 72.1. The van der Waals surface area contributed by atoms with Crippen molar-refractivity contribution in [2.45, 2.75) is 30.6 Å². The first-order valence-electron chi connectivity index (χ1n) is 38.9. The van der Waals surface area contributed by atoms with E-state index in [1.165, 1.54) is 222 Å². The van der Waals surface area contributed by atoms with E-state index in [0.717, 1.165) is 12.8 Å². The highest BCUT2D eigenvalue weighted by Crippen LogP contribution is 2.58. The number of fused-ring (bicyclic) bond motifs is 22. The van der Waals surface area contributed by atoms with Gasteiger partial charge >= 0.3 is 0 Å². The molecule has 19 aromatic rings. The SMILES string of the molecule is c1ccc(-c2ccc(C3c4ccccc4-c4cc(-c5ccc6c(c5)-c5ccc7c(c5C6c5ccc6ccccc6c5)-c5ccccc5C7)ccc43)cc2)cc1.c1ccc(-c2ccc(C3c4ccccc4-c4cc(-c5ccc6c(c5)c5ccc7c(c5n6-c5ccc6ccccc6c5)Cc5ccccc5-7)ccc43)cc2)cc1. The molecule has 3 unspecified atom stereocenters. The lowest BCUT2D eigenvalue weighted by Gasteiger charge is -2.19. The summed E-state index contributed by atoms with van der Waals surface area (Å²) in [6.07, 6.45) is 1.94. The Kier molecular flexibility index (Phi) is 14.2. The minimum Gasteiger partial charge on any atom is -0.309 e. The van der Waals surface area contributed by atoms with Gasteiger partial charge in [0.05, 0.1) is 11.0 Å². The number of hydrogen-bond donors (Lipinski definition) is 0. The molecule has 0 saturated carbocycles. The molecule has 1 heterocycles. The molecule has 110 heavy (non-hydrogen) atoms. The summed E-state index contributed by atoms with van der Waals surface area (Å²) in [4.78, 5) is 0. The topological polar surface area (TPSA) is 4.93 Å². The van der Waals surface area contributed by atoms with Gasteiger partial charge in [-0.3, -0.25) is 0 Å². The van der Waals surface area contributed by atoms with E-state index in [9.17, 15) is 0 Å². The highest BCUT2D eigenvalue weighted by Gasteiger charge is 2.38. The van der Waals surface area contributed by atoms with Crippen LogP contribution in [0.1, 0.15) is 90.1 Å². The second kappa shape index (κ2) is 24.9. The van der Waals surface area contributed by atoms with E-state index in [2.05, 4.69) is 393 Å². The van der Waals surface area contributed by atoms with E-state index in [0.29, 0.717) is 0 Å². The lowest BCUT2D eigenvalue weighted by atomic mass is 9.84. The maximum absolute atomic E-state index is 2.53. The molecular weight excluding hydrogens is 1320 g/mol. The van der Waals surface area contributed by atoms with E-state index in [1.807, 2.05) is 0 Å². The molecule has 0 bridgehead atoms. The van der Waals surface area contributed by atoms with Crippen LogP contribution in [0.15, 0.2) is 388 Å². The molecule has 0 N–H and O–H groups in total. The Labute approximate surface area is 640 Å². The first-order valence-corrected chi connectivity index (χ1v) is 38.9. The molecule has 0 amide bonds. The number of aromatic nitrogens is 1. The highest BCUT2D eigenvalue weighted by atomic mass is 15.0. The molecule has 0 saturated heterocycles. The third-order valence-electron chi connectivity index (χ3n) is 25.0. The van der Waals surface area contributed by atoms with E-state index >= 15 is 0 Å². The smallest absolute Gasteiger partial charge is 0.0582 e. The van der Waals surface area contributed by atoms with Crippen molar-refractivity contribution in [1.82, 2.24) is 4.57 Å². The highest BCUT2D eigenvalue weighted by molar-refractivity contribution is 6.14. The quantitative estimate of drug-likeness (QED) is 0.143. The Bertz CT molecular complexity index is 7010. The summed E-state index contributed by atoms with van der Waals surface area (Å²) in [6, 6.07) is 145. The Balaban J connectivity index is 0.000000132.